The van der Waals surface area contributed by atoms with Crippen LogP contribution in [-0.4, -0.2) is 25.7 Å². The van der Waals surface area contributed by atoms with Crippen LogP contribution in [0.4, 0.5) is 5.82 Å². The van der Waals surface area contributed by atoms with Crippen LogP contribution in [0, 0.1) is 0 Å². The summed E-state index contributed by atoms with van der Waals surface area (Å²) in [6, 6.07) is 12.3. The Morgan fingerprint density at radius 3 is 2.79 bits per heavy atom. The fourth-order valence-electron chi connectivity index (χ4n) is 2.99. The van der Waals surface area contributed by atoms with E-state index < -0.39 is 12.0 Å². The van der Waals surface area contributed by atoms with Crippen LogP contribution < -0.4 is 16.2 Å². The Morgan fingerprint density at radius 2 is 2.04 bits per heavy atom. The van der Waals surface area contributed by atoms with E-state index in [1.165, 1.54) is 0 Å². The van der Waals surface area contributed by atoms with E-state index in [-0.39, 0.29) is 5.82 Å². The molecule has 0 aliphatic heterocycles. The molecule has 0 saturated carbocycles. The SMILES string of the molecule is C[C@H](Oc1cc2cc(C(N)=O)ccc2nc1N)c1ncccc1-n1cccn1. The number of carbonyl (C=O) groups is 1. The average molecular weight is 374 g/mol. The number of rotatable bonds is 5. The summed E-state index contributed by atoms with van der Waals surface area (Å²) in [5.74, 6) is 0.147. The van der Waals surface area contributed by atoms with Crippen LogP contribution in [0.2, 0.25) is 0 Å². The van der Waals surface area contributed by atoms with Gasteiger partial charge in [-0.3, -0.25) is 9.78 Å². The highest BCUT2D eigenvalue weighted by Crippen LogP contribution is 2.30. The minimum atomic E-state index is -0.507. The molecule has 4 aromatic rings. The van der Waals surface area contributed by atoms with E-state index in [2.05, 4.69) is 15.1 Å². The van der Waals surface area contributed by atoms with Crippen molar-refractivity contribution in [3.05, 3.63) is 72.3 Å². The third-order valence-corrected chi connectivity index (χ3v) is 4.35. The molecule has 0 aliphatic rings. The number of nitrogens with two attached hydrogens (primary N) is 2. The van der Waals surface area contributed by atoms with E-state index in [0.717, 1.165) is 5.69 Å². The van der Waals surface area contributed by atoms with Gasteiger partial charge < -0.3 is 16.2 Å². The molecule has 0 unspecified atom stereocenters. The first-order valence-corrected chi connectivity index (χ1v) is 8.64. The van der Waals surface area contributed by atoms with Gasteiger partial charge in [-0.05, 0) is 49.4 Å². The number of hydrogen-bond donors (Lipinski definition) is 2. The van der Waals surface area contributed by atoms with Gasteiger partial charge in [0.25, 0.3) is 0 Å². The van der Waals surface area contributed by atoms with E-state index in [1.807, 2.05) is 31.3 Å². The number of pyridine rings is 2. The fraction of sp³-hybridized carbons (Fsp3) is 0.100. The number of primary amides is 1. The van der Waals surface area contributed by atoms with E-state index >= 15 is 0 Å². The Kier molecular flexibility index (Phi) is 4.36. The van der Waals surface area contributed by atoms with Gasteiger partial charge in [0.05, 0.1) is 11.2 Å². The van der Waals surface area contributed by atoms with Crippen molar-refractivity contribution >= 4 is 22.6 Å². The molecular formula is C20H18N6O2. The summed E-state index contributed by atoms with van der Waals surface area (Å²) in [4.78, 5) is 20.2. The molecule has 0 saturated heterocycles. The zero-order valence-electron chi connectivity index (χ0n) is 15.1. The van der Waals surface area contributed by atoms with Crippen molar-refractivity contribution in [2.75, 3.05) is 5.73 Å². The van der Waals surface area contributed by atoms with Crippen LogP contribution in [0.5, 0.6) is 5.75 Å². The Bertz CT molecular complexity index is 1160. The highest BCUT2D eigenvalue weighted by Gasteiger charge is 2.17. The number of benzene rings is 1. The van der Waals surface area contributed by atoms with Gasteiger partial charge in [-0.2, -0.15) is 5.10 Å². The number of carbonyl (C=O) groups excluding carboxylic acids is 1. The predicted octanol–water partition coefficient (Wildman–Crippen LogP) is 2.64. The molecule has 1 amide bonds. The standard InChI is InChI=1S/C20H18N6O2/c1-12(18-16(4-2-7-23-18)26-9-3-8-24-26)28-17-11-14-10-13(20(22)27)5-6-15(14)25-19(17)21/h2-12H,1H3,(H2,21,25)(H2,22,27)/t12-/m0/s1. The third kappa shape index (κ3) is 3.23. The first-order chi connectivity index (χ1) is 13.5. The summed E-state index contributed by atoms with van der Waals surface area (Å²) < 4.78 is 7.80. The highest BCUT2D eigenvalue weighted by molar-refractivity contribution is 5.97. The number of nitrogen functional groups attached to an aromatic ring is 1. The van der Waals surface area contributed by atoms with Gasteiger partial charge in [-0.25, -0.2) is 9.67 Å². The van der Waals surface area contributed by atoms with E-state index in [4.69, 9.17) is 16.2 Å². The van der Waals surface area contributed by atoms with Gasteiger partial charge in [-0.15, -0.1) is 0 Å². The molecule has 4 N–H and O–H groups in total. The van der Waals surface area contributed by atoms with Gasteiger partial charge in [-0.1, -0.05) is 0 Å². The third-order valence-electron chi connectivity index (χ3n) is 4.35. The number of ether oxygens (including phenoxy) is 1. The molecule has 28 heavy (non-hydrogen) atoms. The molecule has 3 heterocycles. The van der Waals surface area contributed by atoms with E-state index in [1.54, 1.807) is 41.3 Å². The van der Waals surface area contributed by atoms with E-state index in [9.17, 15) is 4.79 Å². The molecule has 1 aromatic carbocycles. The molecule has 0 bridgehead atoms. The Labute approximate surface area is 160 Å². The van der Waals surface area contributed by atoms with Crippen LogP contribution in [-0.2, 0) is 0 Å². The zero-order valence-corrected chi connectivity index (χ0v) is 15.1. The van der Waals surface area contributed by atoms with Crippen molar-refractivity contribution in [2.45, 2.75) is 13.0 Å². The lowest BCUT2D eigenvalue weighted by atomic mass is 10.1. The first-order valence-electron chi connectivity index (χ1n) is 8.64. The normalized spacial score (nSPS) is 12.0. The topological polar surface area (TPSA) is 122 Å². The van der Waals surface area contributed by atoms with Crippen molar-refractivity contribution < 1.29 is 9.53 Å². The highest BCUT2D eigenvalue weighted by atomic mass is 16.5. The molecule has 8 nitrogen and oxygen atoms in total. The maximum Gasteiger partial charge on any atom is 0.248 e. The number of anilines is 1. The van der Waals surface area contributed by atoms with Crippen molar-refractivity contribution in [3.8, 4) is 11.4 Å². The van der Waals surface area contributed by atoms with Gasteiger partial charge >= 0.3 is 0 Å². The molecule has 0 spiro atoms. The van der Waals surface area contributed by atoms with Crippen LogP contribution in [0.25, 0.3) is 16.6 Å². The lowest BCUT2D eigenvalue weighted by Crippen LogP contribution is -2.12. The Morgan fingerprint density at radius 1 is 1.18 bits per heavy atom. The number of aromatic nitrogens is 4. The van der Waals surface area contributed by atoms with Gasteiger partial charge in [0, 0.05) is 29.5 Å². The molecule has 0 fully saturated rings. The summed E-state index contributed by atoms with van der Waals surface area (Å²) in [6.07, 6.45) is 4.82. The van der Waals surface area contributed by atoms with Crippen LogP contribution >= 0.6 is 0 Å². The quantitative estimate of drug-likeness (QED) is 0.554. The Balaban J connectivity index is 1.70. The van der Waals surface area contributed by atoms with Crippen LogP contribution in [0.15, 0.2) is 61.1 Å². The average Bonchev–Trinajstić information content (AvgIpc) is 3.22. The molecule has 3 aromatic heterocycles. The lowest BCUT2D eigenvalue weighted by molar-refractivity contribution is 0.100. The van der Waals surface area contributed by atoms with Gasteiger partial charge in [0.1, 0.15) is 11.8 Å². The largest absolute Gasteiger partial charge is 0.480 e. The number of fused-ring (bicyclic) bond motifs is 1. The second kappa shape index (κ2) is 6.99. The molecule has 8 heteroatoms. The lowest BCUT2D eigenvalue weighted by Gasteiger charge is -2.18. The van der Waals surface area contributed by atoms with Gasteiger partial charge in [0.2, 0.25) is 5.91 Å². The number of amides is 1. The van der Waals surface area contributed by atoms with E-state index in [0.29, 0.717) is 27.9 Å². The molecule has 4 rings (SSSR count). The van der Waals surface area contributed by atoms with Crippen molar-refractivity contribution in [1.82, 2.24) is 19.7 Å². The van der Waals surface area contributed by atoms with Gasteiger partial charge in [0.15, 0.2) is 11.6 Å². The van der Waals surface area contributed by atoms with Crippen molar-refractivity contribution in [1.29, 1.82) is 0 Å². The zero-order chi connectivity index (χ0) is 19.7. The molecule has 0 aliphatic carbocycles. The molecular weight excluding hydrogens is 356 g/mol. The van der Waals surface area contributed by atoms with Crippen molar-refractivity contribution in [2.24, 2.45) is 5.73 Å². The van der Waals surface area contributed by atoms with Crippen LogP contribution in [0.3, 0.4) is 0 Å². The predicted molar refractivity (Wildman–Crippen MR) is 105 cm³/mol. The molecule has 0 radical (unpaired) electrons. The summed E-state index contributed by atoms with van der Waals surface area (Å²) in [5, 5.41) is 4.97. The monoisotopic (exact) mass is 374 g/mol. The Hall–Kier alpha value is -3.94. The smallest absolute Gasteiger partial charge is 0.248 e. The molecule has 1 atom stereocenters. The van der Waals surface area contributed by atoms with Crippen molar-refractivity contribution in [3.63, 3.8) is 0 Å². The summed E-state index contributed by atoms with van der Waals surface area (Å²) in [5.41, 5.74) is 14.0. The van der Waals surface area contributed by atoms with Crippen LogP contribution in [0.1, 0.15) is 29.1 Å². The second-order valence-electron chi connectivity index (χ2n) is 6.26. The maximum atomic E-state index is 11.4. The maximum absolute atomic E-state index is 11.4. The minimum absolute atomic E-state index is 0.253. The number of hydrogen-bond acceptors (Lipinski definition) is 6. The summed E-state index contributed by atoms with van der Waals surface area (Å²) >= 11 is 0. The number of nitrogens with zero attached hydrogens (tertiary/aromatic N) is 4. The summed E-state index contributed by atoms with van der Waals surface area (Å²) in [6.45, 7) is 1.87. The first kappa shape index (κ1) is 17.5. The fourth-order valence-corrected chi connectivity index (χ4v) is 2.99. The molecule has 140 valence electrons. The minimum Gasteiger partial charge on any atom is -0.480 e. The second-order valence-corrected chi connectivity index (χ2v) is 6.26. The summed E-state index contributed by atoms with van der Waals surface area (Å²) in [7, 11) is 0.